The lowest BCUT2D eigenvalue weighted by Gasteiger charge is -2.23. The van der Waals surface area contributed by atoms with Crippen molar-refractivity contribution in [1.29, 1.82) is 0 Å². The van der Waals surface area contributed by atoms with Crippen molar-refractivity contribution >= 4 is 5.91 Å². The average molecular weight is 254 g/mol. The minimum atomic E-state index is -0.736. The minimum Gasteiger partial charge on any atom is -0.508 e. The van der Waals surface area contributed by atoms with Gasteiger partial charge >= 0.3 is 0 Å². The molecule has 5 nitrogen and oxygen atoms in total. The van der Waals surface area contributed by atoms with Gasteiger partial charge < -0.3 is 20.5 Å². The lowest BCUT2D eigenvalue weighted by atomic mass is 10.2. The minimum absolute atomic E-state index is 0.0443. The first kappa shape index (κ1) is 12.8. The van der Waals surface area contributed by atoms with Crippen molar-refractivity contribution in [3.05, 3.63) is 29.6 Å². The predicted molar refractivity (Wildman–Crippen MR) is 63.0 cm³/mol. The van der Waals surface area contributed by atoms with Gasteiger partial charge in [-0.1, -0.05) is 0 Å². The number of halogens is 1. The molecule has 6 heteroatoms. The fourth-order valence-electron chi connectivity index (χ4n) is 1.75. The molecular weight excluding hydrogens is 239 g/mol. The molecule has 1 aromatic carbocycles. The summed E-state index contributed by atoms with van der Waals surface area (Å²) in [5.41, 5.74) is -0.0791. The van der Waals surface area contributed by atoms with E-state index in [-0.39, 0.29) is 17.4 Å². The monoisotopic (exact) mass is 254 g/mol. The van der Waals surface area contributed by atoms with E-state index in [4.69, 9.17) is 9.84 Å². The number of aromatic hydroxyl groups is 1. The van der Waals surface area contributed by atoms with E-state index in [2.05, 4.69) is 10.6 Å². The Bertz CT molecular complexity index is 433. The molecule has 0 aliphatic carbocycles. The number of hydrogen-bond acceptors (Lipinski definition) is 4. The van der Waals surface area contributed by atoms with Crippen LogP contribution >= 0.6 is 0 Å². The standard InChI is InChI=1S/C12H15FN2O3/c13-11-5-9(16)1-2-10(11)12(17)15-6-8-7-18-4-3-14-8/h1-2,5,8,14,16H,3-4,6-7H2,(H,15,17). The van der Waals surface area contributed by atoms with E-state index in [0.717, 1.165) is 12.6 Å². The molecule has 3 N–H and O–H groups in total. The van der Waals surface area contributed by atoms with Gasteiger partial charge in [-0.25, -0.2) is 4.39 Å². The second-order valence-corrected chi connectivity index (χ2v) is 4.10. The van der Waals surface area contributed by atoms with Crippen LogP contribution in [0.4, 0.5) is 4.39 Å². The van der Waals surface area contributed by atoms with Crippen LogP contribution < -0.4 is 10.6 Å². The molecule has 1 amide bonds. The van der Waals surface area contributed by atoms with Crippen LogP contribution in [0.25, 0.3) is 0 Å². The SMILES string of the molecule is O=C(NCC1COCCN1)c1ccc(O)cc1F. The maximum Gasteiger partial charge on any atom is 0.254 e. The highest BCUT2D eigenvalue weighted by atomic mass is 19.1. The molecule has 0 saturated carbocycles. The number of carbonyl (C=O) groups excluding carboxylic acids is 1. The van der Waals surface area contributed by atoms with Crippen LogP contribution in [0, 0.1) is 5.82 Å². The fourth-order valence-corrected chi connectivity index (χ4v) is 1.75. The third-order valence-corrected chi connectivity index (χ3v) is 2.70. The van der Waals surface area contributed by atoms with E-state index in [1.165, 1.54) is 12.1 Å². The molecule has 0 spiro atoms. The molecule has 1 heterocycles. The Morgan fingerprint density at radius 2 is 2.44 bits per heavy atom. The largest absolute Gasteiger partial charge is 0.508 e. The fraction of sp³-hybridized carbons (Fsp3) is 0.417. The normalized spacial score (nSPS) is 19.5. The number of carbonyl (C=O) groups is 1. The Labute approximate surface area is 104 Å². The molecule has 0 bridgehead atoms. The Balaban J connectivity index is 1.90. The van der Waals surface area contributed by atoms with Crippen LogP contribution in [-0.4, -0.2) is 43.4 Å². The second kappa shape index (κ2) is 5.79. The molecule has 1 aromatic rings. The van der Waals surface area contributed by atoms with Gasteiger partial charge in [0.25, 0.3) is 5.91 Å². The summed E-state index contributed by atoms with van der Waals surface area (Å²) in [6.45, 7) is 2.31. The van der Waals surface area contributed by atoms with Crippen molar-refractivity contribution in [1.82, 2.24) is 10.6 Å². The lowest BCUT2D eigenvalue weighted by Crippen LogP contribution is -2.48. The Hall–Kier alpha value is -1.66. The molecule has 0 aromatic heterocycles. The number of amides is 1. The second-order valence-electron chi connectivity index (χ2n) is 4.10. The molecule has 2 rings (SSSR count). The van der Waals surface area contributed by atoms with E-state index in [1.807, 2.05) is 0 Å². The zero-order valence-electron chi connectivity index (χ0n) is 9.78. The molecule has 1 aliphatic rings. The van der Waals surface area contributed by atoms with Crippen molar-refractivity contribution < 1.29 is 19.0 Å². The van der Waals surface area contributed by atoms with Gasteiger partial charge in [-0.3, -0.25) is 4.79 Å². The van der Waals surface area contributed by atoms with Crippen molar-refractivity contribution in [2.75, 3.05) is 26.3 Å². The molecule has 1 aliphatic heterocycles. The van der Waals surface area contributed by atoms with E-state index in [0.29, 0.717) is 19.8 Å². The topological polar surface area (TPSA) is 70.6 Å². The van der Waals surface area contributed by atoms with E-state index >= 15 is 0 Å². The van der Waals surface area contributed by atoms with Gasteiger partial charge in [0, 0.05) is 25.2 Å². The van der Waals surface area contributed by atoms with Crippen molar-refractivity contribution in [2.24, 2.45) is 0 Å². The number of rotatable bonds is 3. The zero-order valence-corrected chi connectivity index (χ0v) is 9.78. The molecule has 98 valence electrons. The molecule has 0 radical (unpaired) electrons. The van der Waals surface area contributed by atoms with Gasteiger partial charge in [0.2, 0.25) is 0 Å². The Morgan fingerprint density at radius 3 is 3.11 bits per heavy atom. The summed E-state index contributed by atoms with van der Waals surface area (Å²) in [5.74, 6) is -1.44. The number of benzene rings is 1. The third kappa shape index (κ3) is 3.18. The summed E-state index contributed by atoms with van der Waals surface area (Å²) in [5, 5.41) is 14.9. The molecular formula is C12H15FN2O3. The lowest BCUT2D eigenvalue weighted by molar-refractivity contribution is 0.0734. The first-order chi connectivity index (χ1) is 8.66. The van der Waals surface area contributed by atoms with Crippen molar-refractivity contribution in [2.45, 2.75) is 6.04 Å². The quantitative estimate of drug-likeness (QED) is 0.723. The zero-order chi connectivity index (χ0) is 13.0. The van der Waals surface area contributed by atoms with E-state index in [1.54, 1.807) is 0 Å². The summed E-state index contributed by atoms with van der Waals surface area (Å²) in [7, 11) is 0. The van der Waals surface area contributed by atoms with Crippen molar-refractivity contribution in [3.63, 3.8) is 0 Å². The van der Waals surface area contributed by atoms with Gasteiger partial charge in [-0.15, -0.1) is 0 Å². The Morgan fingerprint density at radius 1 is 1.61 bits per heavy atom. The number of phenolic OH excluding ortho intramolecular Hbond substituents is 1. The van der Waals surface area contributed by atoms with Gasteiger partial charge in [0.15, 0.2) is 0 Å². The van der Waals surface area contributed by atoms with Crippen LogP contribution in [0.2, 0.25) is 0 Å². The van der Waals surface area contributed by atoms with Gasteiger partial charge in [0.05, 0.1) is 18.8 Å². The molecule has 18 heavy (non-hydrogen) atoms. The van der Waals surface area contributed by atoms with Gasteiger partial charge in [-0.2, -0.15) is 0 Å². The third-order valence-electron chi connectivity index (χ3n) is 2.70. The smallest absolute Gasteiger partial charge is 0.254 e. The van der Waals surface area contributed by atoms with E-state index < -0.39 is 11.7 Å². The number of nitrogens with one attached hydrogen (secondary N) is 2. The average Bonchev–Trinajstić information content (AvgIpc) is 2.37. The van der Waals surface area contributed by atoms with Crippen LogP contribution in [-0.2, 0) is 4.74 Å². The number of ether oxygens (including phenoxy) is 1. The highest BCUT2D eigenvalue weighted by Crippen LogP contribution is 2.14. The molecule has 1 fully saturated rings. The van der Waals surface area contributed by atoms with Crippen LogP contribution in [0.5, 0.6) is 5.75 Å². The van der Waals surface area contributed by atoms with Crippen LogP contribution in [0.3, 0.4) is 0 Å². The first-order valence-electron chi connectivity index (χ1n) is 5.74. The first-order valence-corrected chi connectivity index (χ1v) is 5.74. The number of hydrogen-bond donors (Lipinski definition) is 3. The van der Waals surface area contributed by atoms with Gasteiger partial charge in [-0.05, 0) is 12.1 Å². The maximum atomic E-state index is 13.4. The molecule has 1 unspecified atom stereocenters. The highest BCUT2D eigenvalue weighted by Gasteiger charge is 2.16. The summed E-state index contributed by atoms with van der Waals surface area (Å²) in [4.78, 5) is 11.7. The summed E-state index contributed by atoms with van der Waals surface area (Å²) in [6.07, 6.45) is 0. The maximum absolute atomic E-state index is 13.4. The summed E-state index contributed by atoms with van der Waals surface area (Å²) < 4.78 is 18.6. The van der Waals surface area contributed by atoms with Crippen LogP contribution in [0.15, 0.2) is 18.2 Å². The summed E-state index contributed by atoms with van der Waals surface area (Å²) in [6, 6.07) is 3.49. The van der Waals surface area contributed by atoms with E-state index in [9.17, 15) is 9.18 Å². The molecule has 1 saturated heterocycles. The predicted octanol–water partition coefficient (Wildman–Crippen LogP) is 0.249. The summed E-state index contributed by atoms with van der Waals surface area (Å²) >= 11 is 0. The van der Waals surface area contributed by atoms with Crippen LogP contribution in [0.1, 0.15) is 10.4 Å². The number of phenols is 1. The number of morpholine rings is 1. The van der Waals surface area contributed by atoms with Gasteiger partial charge in [0.1, 0.15) is 11.6 Å². The van der Waals surface area contributed by atoms with Crippen molar-refractivity contribution in [3.8, 4) is 5.75 Å². The highest BCUT2D eigenvalue weighted by molar-refractivity contribution is 5.94. The Kier molecular flexibility index (Phi) is 4.11. The molecule has 1 atom stereocenters.